The summed E-state index contributed by atoms with van der Waals surface area (Å²) in [6.45, 7) is 3.23. The molecule has 0 aliphatic carbocycles. The highest BCUT2D eigenvalue weighted by atomic mass is 32.2. The summed E-state index contributed by atoms with van der Waals surface area (Å²) in [7, 11) is -3.56. The van der Waals surface area contributed by atoms with Crippen LogP contribution in [0.1, 0.15) is 19.8 Å². The molecule has 2 aromatic carbocycles. The van der Waals surface area contributed by atoms with Gasteiger partial charge in [-0.25, -0.2) is 8.42 Å². The Kier molecular flexibility index (Phi) is 4.04. The second-order valence-electron chi connectivity index (χ2n) is 7.10. The molecule has 5 rings (SSSR count). The molecule has 0 saturated carbocycles. The van der Waals surface area contributed by atoms with E-state index in [9.17, 15) is 13.2 Å². The molecule has 0 N–H and O–H groups in total. The van der Waals surface area contributed by atoms with Crippen molar-refractivity contribution in [2.45, 2.75) is 30.7 Å². The van der Waals surface area contributed by atoms with Crippen LogP contribution < -0.4 is 0 Å². The topological polar surface area (TPSA) is 57.7 Å². The summed E-state index contributed by atoms with van der Waals surface area (Å²) in [6, 6.07) is 13.0. The summed E-state index contributed by atoms with van der Waals surface area (Å²) in [6.07, 6.45) is 1.81. The van der Waals surface area contributed by atoms with Crippen LogP contribution in [-0.2, 0) is 14.8 Å². The van der Waals surface area contributed by atoms with Gasteiger partial charge in [0.05, 0.1) is 4.90 Å². The van der Waals surface area contributed by atoms with E-state index in [2.05, 4.69) is 0 Å². The van der Waals surface area contributed by atoms with Crippen LogP contribution in [0.5, 0.6) is 0 Å². The number of sulfonamides is 1. The zero-order valence-electron chi connectivity index (χ0n) is 14.3. The second-order valence-corrected chi connectivity index (χ2v) is 9.00. The van der Waals surface area contributed by atoms with Crippen LogP contribution >= 0.6 is 0 Å². The Morgan fingerprint density at radius 2 is 1.76 bits per heavy atom. The molecular formula is C19H22N2O3S. The van der Waals surface area contributed by atoms with Crippen LogP contribution in [0.15, 0.2) is 47.4 Å². The van der Waals surface area contributed by atoms with Crippen molar-refractivity contribution in [1.29, 1.82) is 0 Å². The van der Waals surface area contributed by atoms with Crippen LogP contribution in [0, 0.1) is 5.92 Å². The van der Waals surface area contributed by atoms with E-state index >= 15 is 0 Å². The fraction of sp³-hybridized carbons (Fsp3) is 0.421. The zero-order chi connectivity index (χ0) is 17.6. The number of fused-ring (bicyclic) bond motifs is 5. The van der Waals surface area contributed by atoms with Crippen LogP contribution in [0.4, 0.5) is 0 Å². The quantitative estimate of drug-likeness (QED) is 0.829. The highest BCUT2D eigenvalue weighted by molar-refractivity contribution is 7.89. The molecule has 5 nitrogen and oxygen atoms in total. The number of rotatable bonds is 2. The van der Waals surface area contributed by atoms with Crippen LogP contribution in [-0.4, -0.2) is 49.2 Å². The van der Waals surface area contributed by atoms with Gasteiger partial charge < -0.3 is 4.90 Å². The van der Waals surface area contributed by atoms with Crippen molar-refractivity contribution in [3.63, 3.8) is 0 Å². The van der Waals surface area contributed by atoms with Gasteiger partial charge in [0, 0.05) is 32.6 Å². The summed E-state index contributed by atoms with van der Waals surface area (Å²) in [5, 5.41) is 1.95. The maximum absolute atomic E-state index is 13.3. The Hall–Kier alpha value is -1.92. The maximum Gasteiger partial charge on any atom is 0.243 e. The molecule has 2 bridgehead atoms. The predicted octanol–water partition coefficient (Wildman–Crippen LogP) is 2.47. The van der Waals surface area contributed by atoms with Crippen molar-refractivity contribution >= 4 is 26.7 Å². The number of carbonyl (C=O) groups excluding carboxylic acids is 1. The number of benzene rings is 2. The Labute approximate surface area is 148 Å². The van der Waals surface area contributed by atoms with Gasteiger partial charge in [0.2, 0.25) is 15.9 Å². The highest BCUT2D eigenvalue weighted by Crippen LogP contribution is 2.33. The number of carbonyl (C=O) groups is 1. The minimum atomic E-state index is -3.56. The molecule has 3 aliphatic heterocycles. The van der Waals surface area contributed by atoms with Gasteiger partial charge in [0.25, 0.3) is 0 Å². The van der Waals surface area contributed by atoms with Gasteiger partial charge in [0.1, 0.15) is 0 Å². The fourth-order valence-corrected chi connectivity index (χ4v) is 5.81. The number of nitrogens with zero attached hydrogens (tertiary/aromatic N) is 2. The van der Waals surface area contributed by atoms with E-state index in [0.717, 1.165) is 23.6 Å². The molecule has 3 fully saturated rings. The SMILES string of the molecule is CC(=O)N1CC2CCC(C1)N(S(=O)(=O)c1ccc3ccccc3c1)C2. The molecule has 1 amide bonds. The first-order valence-electron chi connectivity index (χ1n) is 8.71. The summed E-state index contributed by atoms with van der Waals surface area (Å²) in [4.78, 5) is 13.9. The first-order valence-corrected chi connectivity index (χ1v) is 10.2. The molecule has 0 aromatic heterocycles. The highest BCUT2D eigenvalue weighted by Gasteiger charge is 2.41. The van der Waals surface area contributed by atoms with Crippen molar-refractivity contribution in [2.24, 2.45) is 5.92 Å². The van der Waals surface area contributed by atoms with E-state index in [0.29, 0.717) is 24.5 Å². The molecular weight excluding hydrogens is 336 g/mol. The summed E-state index contributed by atoms with van der Waals surface area (Å²) in [5.41, 5.74) is 0. The Morgan fingerprint density at radius 1 is 1.00 bits per heavy atom. The van der Waals surface area contributed by atoms with E-state index in [-0.39, 0.29) is 17.9 Å². The Balaban J connectivity index is 1.70. The van der Waals surface area contributed by atoms with E-state index in [1.807, 2.05) is 30.3 Å². The lowest BCUT2D eigenvalue weighted by atomic mass is 9.97. The molecule has 3 heterocycles. The molecule has 6 heteroatoms. The number of hydrogen-bond acceptors (Lipinski definition) is 3. The summed E-state index contributed by atoms with van der Waals surface area (Å²) >= 11 is 0. The van der Waals surface area contributed by atoms with Crippen LogP contribution in [0.2, 0.25) is 0 Å². The second kappa shape index (κ2) is 6.11. The lowest BCUT2D eigenvalue weighted by Crippen LogP contribution is -2.47. The van der Waals surface area contributed by atoms with Gasteiger partial charge in [0.15, 0.2) is 0 Å². The molecule has 3 aliphatic rings. The average molecular weight is 358 g/mol. The third-order valence-corrected chi connectivity index (χ3v) is 7.35. The van der Waals surface area contributed by atoms with Crippen molar-refractivity contribution in [1.82, 2.24) is 9.21 Å². The molecule has 0 radical (unpaired) electrons. The Morgan fingerprint density at radius 3 is 2.52 bits per heavy atom. The molecule has 3 saturated heterocycles. The molecule has 2 unspecified atom stereocenters. The van der Waals surface area contributed by atoms with Gasteiger partial charge in [-0.3, -0.25) is 4.79 Å². The molecule has 2 atom stereocenters. The molecule has 2 aromatic rings. The minimum Gasteiger partial charge on any atom is -0.341 e. The molecule has 0 spiro atoms. The zero-order valence-corrected chi connectivity index (χ0v) is 15.1. The smallest absolute Gasteiger partial charge is 0.243 e. The van der Waals surface area contributed by atoms with Crippen LogP contribution in [0.3, 0.4) is 0 Å². The van der Waals surface area contributed by atoms with Crippen molar-refractivity contribution < 1.29 is 13.2 Å². The summed E-state index contributed by atoms with van der Waals surface area (Å²) in [5.74, 6) is 0.250. The lowest BCUT2D eigenvalue weighted by molar-refractivity contribution is -0.129. The lowest BCUT2D eigenvalue weighted by Gasteiger charge is -2.34. The molecule has 25 heavy (non-hydrogen) atoms. The van der Waals surface area contributed by atoms with E-state index in [1.54, 1.807) is 28.3 Å². The van der Waals surface area contributed by atoms with Gasteiger partial charge >= 0.3 is 0 Å². The van der Waals surface area contributed by atoms with Crippen molar-refractivity contribution in [3.8, 4) is 0 Å². The standard InChI is InChI=1S/C19H22N2O3S/c1-14(22)20-11-15-6-8-18(13-20)21(12-15)25(23,24)19-9-7-16-4-2-3-5-17(16)10-19/h2-5,7,9-10,15,18H,6,8,11-13H2,1H3. The first kappa shape index (κ1) is 16.5. The van der Waals surface area contributed by atoms with Crippen molar-refractivity contribution in [2.75, 3.05) is 19.6 Å². The van der Waals surface area contributed by atoms with Gasteiger partial charge in [-0.1, -0.05) is 30.3 Å². The first-order chi connectivity index (χ1) is 11.9. The van der Waals surface area contributed by atoms with E-state index in [1.165, 1.54) is 0 Å². The number of hydrogen-bond donors (Lipinski definition) is 0. The maximum atomic E-state index is 13.3. The average Bonchev–Trinajstić information content (AvgIpc) is 2.94. The monoisotopic (exact) mass is 358 g/mol. The number of piperidine rings is 1. The Bertz CT molecular complexity index is 925. The summed E-state index contributed by atoms with van der Waals surface area (Å²) < 4.78 is 28.2. The fourth-order valence-electron chi connectivity index (χ4n) is 4.05. The van der Waals surface area contributed by atoms with Gasteiger partial charge in [-0.2, -0.15) is 4.31 Å². The normalized spacial score (nSPS) is 24.4. The predicted molar refractivity (Wildman–Crippen MR) is 96.6 cm³/mol. The van der Waals surface area contributed by atoms with E-state index in [4.69, 9.17) is 0 Å². The largest absolute Gasteiger partial charge is 0.341 e. The third kappa shape index (κ3) is 2.93. The van der Waals surface area contributed by atoms with E-state index < -0.39 is 10.0 Å². The number of amides is 1. The van der Waals surface area contributed by atoms with Crippen molar-refractivity contribution in [3.05, 3.63) is 42.5 Å². The van der Waals surface area contributed by atoms with Gasteiger partial charge in [-0.05, 0) is 41.7 Å². The van der Waals surface area contributed by atoms with Crippen LogP contribution in [0.25, 0.3) is 10.8 Å². The molecule has 132 valence electrons. The minimum absolute atomic E-state index is 0.0295. The van der Waals surface area contributed by atoms with Gasteiger partial charge in [-0.15, -0.1) is 0 Å². The third-order valence-electron chi connectivity index (χ3n) is 5.44.